The van der Waals surface area contributed by atoms with Gasteiger partial charge in [0.25, 0.3) is 0 Å². The van der Waals surface area contributed by atoms with Crippen molar-refractivity contribution < 1.29 is 0 Å². The molecule has 0 spiro atoms. The lowest BCUT2D eigenvalue weighted by Crippen LogP contribution is -2.18. The Labute approximate surface area is 101 Å². The minimum absolute atomic E-state index is 0.0570. The molecule has 0 atom stereocenters. The molecule has 0 aliphatic heterocycles. The molecule has 0 aliphatic carbocycles. The van der Waals surface area contributed by atoms with E-state index >= 15 is 0 Å². The van der Waals surface area contributed by atoms with Crippen molar-refractivity contribution in [2.24, 2.45) is 0 Å². The molecule has 0 unspecified atom stereocenters. The Bertz CT molecular complexity index is 520. The van der Waals surface area contributed by atoms with Crippen molar-refractivity contribution in [1.82, 2.24) is 9.55 Å². The van der Waals surface area contributed by atoms with Crippen LogP contribution in [0.15, 0.2) is 18.2 Å². The molecule has 3 heteroatoms. The maximum atomic E-state index is 5.99. The van der Waals surface area contributed by atoms with Gasteiger partial charge in [-0.3, -0.25) is 0 Å². The van der Waals surface area contributed by atoms with E-state index in [1.807, 2.05) is 18.2 Å². The highest BCUT2D eigenvalue weighted by Gasteiger charge is 2.22. The fourth-order valence-corrected chi connectivity index (χ4v) is 2.16. The average Bonchev–Trinajstić information content (AvgIpc) is 2.54. The Morgan fingerprint density at radius 3 is 2.56 bits per heavy atom. The second-order valence-corrected chi connectivity index (χ2v) is 5.50. The van der Waals surface area contributed by atoms with Gasteiger partial charge in [-0.1, -0.05) is 32.4 Å². The van der Waals surface area contributed by atoms with Crippen molar-refractivity contribution in [1.29, 1.82) is 0 Å². The smallest absolute Gasteiger partial charge is 0.115 e. The Morgan fingerprint density at radius 1 is 1.31 bits per heavy atom. The van der Waals surface area contributed by atoms with E-state index in [4.69, 9.17) is 16.6 Å². The molecule has 0 aliphatic rings. The lowest BCUT2D eigenvalue weighted by atomic mass is 9.96. The average molecular weight is 237 g/mol. The van der Waals surface area contributed by atoms with Gasteiger partial charge in [0.1, 0.15) is 5.82 Å². The quantitative estimate of drug-likeness (QED) is 0.732. The first-order chi connectivity index (χ1) is 7.43. The van der Waals surface area contributed by atoms with E-state index in [-0.39, 0.29) is 5.41 Å². The SMILES string of the molecule is CCn1c(C(C)(C)C)nc2cc(Cl)ccc21. The van der Waals surface area contributed by atoms with Crippen LogP contribution in [0.25, 0.3) is 11.0 Å². The van der Waals surface area contributed by atoms with Crippen LogP contribution in [0.3, 0.4) is 0 Å². The van der Waals surface area contributed by atoms with E-state index in [0.29, 0.717) is 0 Å². The highest BCUT2D eigenvalue weighted by atomic mass is 35.5. The predicted octanol–water partition coefficient (Wildman–Crippen LogP) is 4.01. The summed E-state index contributed by atoms with van der Waals surface area (Å²) in [7, 11) is 0. The van der Waals surface area contributed by atoms with Crippen LogP contribution in [0.5, 0.6) is 0 Å². The first-order valence-electron chi connectivity index (χ1n) is 5.59. The molecule has 86 valence electrons. The third-order valence-corrected chi connectivity index (χ3v) is 2.93. The predicted molar refractivity (Wildman–Crippen MR) is 69.1 cm³/mol. The van der Waals surface area contributed by atoms with Gasteiger partial charge in [-0.25, -0.2) is 4.98 Å². The lowest BCUT2D eigenvalue weighted by molar-refractivity contribution is 0.512. The normalized spacial score (nSPS) is 12.3. The number of aryl methyl sites for hydroxylation is 1. The Balaban J connectivity index is 2.76. The number of aromatic nitrogens is 2. The van der Waals surface area contributed by atoms with Crippen LogP contribution in [0.2, 0.25) is 5.02 Å². The van der Waals surface area contributed by atoms with E-state index in [0.717, 1.165) is 28.4 Å². The molecule has 16 heavy (non-hydrogen) atoms. The minimum Gasteiger partial charge on any atom is -0.328 e. The molecule has 2 rings (SSSR count). The number of benzene rings is 1. The van der Waals surface area contributed by atoms with Crippen LogP contribution >= 0.6 is 11.6 Å². The van der Waals surface area contributed by atoms with Gasteiger partial charge in [0.05, 0.1) is 11.0 Å². The summed E-state index contributed by atoms with van der Waals surface area (Å²) in [5.41, 5.74) is 2.21. The number of hydrogen-bond acceptors (Lipinski definition) is 1. The third kappa shape index (κ3) is 1.82. The van der Waals surface area contributed by atoms with Crippen molar-refractivity contribution in [3.05, 3.63) is 29.0 Å². The first kappa shape index (κ1) is 11.5. The highest BCUT2D eigenvalue weighted by molar-refractivity contribution is 6.31. The van der Waals surface area contributed by atoms with Gasteiger partial charge in [-0.2, -0.15) is 0 Å². The number of rotatable bonds is 1. The number of halogens is 1. The molecule has 1 aromatic heterocycles. The Hall–Kier alpha value is -1.02. The first-order valence-corrected chi connectivity index (χ1v) is 5.97. The molecule has 0 radical (unpaired) electrons. The molecule has 0 fully saturated rings. The van der Waals surface area contributed by atoms with Gasteiger partial charge in [0.15, 0.2) is 0 Å². The van der Waals surface area contributed by atoms with Crippen LogP contribution < -0.4 is 0 Å². The van der Waals surface area contributed by atoms with Gasteiger partial charge in [-0.05, 0) is 25.1 Å². The fourth-order valence-electron chi connectivity index (χ4n) is 2.00. The van der Waals surface area contributed by atoms with Crippen LogP contribution in [0.1, 0.15) is 33.5 Å². The molecule has 1 aromatic carbocycles. The second-order valence-electron chi connectivity index (χ2n) is 5.06. The minimum atomic E-state index is 0.0570. The van der Waals surface area contributed by atoms with E-state index in [9.17, 15) is 0 Å². The molecule has 0 saturated carbocycles. The molecular formula is C13H17ClN2. The summed E-state index contributed by atoms with van der Waals surface area (Å²) in [6, 6.07) is 5.89. The number of imidazole rings is 1. The molecule has 0 amide bonds. The van der Waals surface area contributed by atoms with Crippen LogP contribution in [0.4, 0.5) is 0 Å². The standard InChI is InChI=1S/C13H17ClN2/c1-5-16-11-7-6-9(14)8-10(11)15-12(16)13(2,3)4/h6-8H,5H2,1-4H3. The topological polar surface area (TPSA) is 17.8 Å². The Morgan fingerprint density at radius 2 is 2.00 bits per heavy atom. The fraction of sp³-hybridized carbons (Fsp3) is 0.462. The third-order valence-electron chi connectivity index (χ3n) is 2.70. The molecule has 0 N–H and O–H groups in total. The number of hydrogen-bond donors (Lipinski definition) is 0. The van der Waals surface area contributed by atoms with Crippen molar-refractivity contribution in [2.45, 2.75) is 39.7 Å². The van der Waals surface area contributed by atoms with Gasteiger partial charge in [0.2, 0.25) is 0 Å². The second kappa shape index (κ2) is 3.77. The molecule has 2 aromatic rings. The molecular weight excluding hydrogens is 220 g/mol. The summed E-state index contributed by atoms with van der Waals surface area (Å²) in [6.07, 6.45) is 0. The summed E-state index contributed by atoms with van der Waals surface area (Å²) in [5, 5.41) is 0.744. The molecule has 0 bridgehead atoms. The van der Waals surface area contributed by atoms with E-state index in [1.54, 1.807) is 0 Å². The summed E-state index contributed by atoms with van der Waals surface area (Å²) in [4.78, 5) is 4.69. The monoisotopic (exact) mass is 236 g/mol. The van der Waals surface area contributed by atoms with E-state index in [2.05, 4.69) is 32.3 Å². The van der Waals surface area contributed by atoms with Crippen molar-refractivity contribution in [2.75, 3.05) is 0 Å². The maximum absolute atomic E-state index is 5.99. The zero-order valence-electron chi connectivity index (χ0n) is 10.2. The van der Waals surface area contributed by atoms with Gasteiger partial charge in [0, 0.05) is 17.0 Å². The zero-order valence-corrected chi connectivity index (χ0v) is 11.0. The summed E-state index contributed by atoms with van der Waals surface area (Å²) >= 11 is 5.99. The molecule has 1 heterocycles. The summed E-state index contributed by atoms with van der Waals surface area (Å²) < 4.78 is 2.26. The van der Waals surface area contributed by atoms with E-state index < -0.39 is 0 Å². The van der Waals surface area contributed by atoms with Crippen molar-refractivity contribution in [3.63, 3.8) is 0 Å². The number of fused-ring (bicyclic) bond motifs is 1. The van der Waals surface area contributed by atoms with Gasteiger partial charge in [-0.15, -0.1) is 0 Å². The van der Waals surface area contributed by atoms with Crippen LogP contribution in [-0.2, 0) is 12.0 Å². The Kier molecular flexibility index (Phi) is 2.70. The number of nitrogens with zero attached hydrogens (tertiary/aromatic N) is 2. The highest BCUT2D eigenvalue weighted by Crippen LogP contribution is 2.27. The van der Waals surface area contributed by atoms with Crippen molar-refractivity contribution >= 4 is 22.6 Å². The summed E-state index contributed by atoms with van der Waals surface area (Å²) in [6.45, 7) is 9.63. The largest absolute Gasteiger partial charge is 0.328 e. The molecule has 0 saturated heterocycles. The zero-order chi connectivity index (χ0) is 11.9. The van der Waals surface area contributed by atoms with Gasteiger partial charge >= 0.3 is 0 Å². The molecule has 2 nitrogen and oxygen atoms in total. The van der Waals surface area contributed by atoms with Gasteiger partial charge < -0.3 is 4.57 Å². The van der Waals surface area contributed by atoms with Crippen LogP contribution in [0, 0.1) is 0 Å². The maximum Gasteiger partial charge on any atom is 0.115 e. The van der Waals surface area contributed by atoms with Crippen molar-refractivity contribution in [3.8, 4) is 0 Å². The summed E-state index contributed by atoms with van der Waals surface area (Å²) in [5.74, 6) is 1.12. The lowest BCUT2D eigenvalue weighted by Gasteiger charge is -2.19. The van der Waals surface area contributed by atoms with E-state index in [1.165, 1.54) is 0 Å². The van der Waals surface area contributed by atoms with Crippen LogP contribution in [-0.4, -0.2) is 9.55 Å².